The number of halogens is 3. The maximum Gasteiger partial charge on any atom is 0.422 e. The van der Waals surface area contributed by atoms with E-state index in [1.165, 1.54) is 6.92 Å². The summed E-state index contributed by atoms with van der Waals surface area (Å²) >= 11 is 0. The Morgan fingerprint density at radius 1 is 1.23 bits per heavy atom. The summed E-state index contributed by atoms with van der Waals surface area (Å²) in [6, 6.07) is 8.42. The fourth-order valence-corrected chi connectivity index (χ4v) is 1.48. The van der Waals surface area contributed by atoms with Crippen molar-refractivity contribution in [3.05, 3.63) is 48.0 Å². The molecular weight excluding hydrogens is 301 g/mol. The van der Waals surface area contributed by atoms with Gasteiger partial charge in [-0.2, -0.15) is 13.2 Å². The highest BCUT2D eigenvalue weighted by atomic mass is 19.4. The third kappa shape index (κ3) is 6.43. The molecular formula is C15H15F3O4. The normalized spacial score (nSPS) is 12.4. The van der Waals surface area contributed by atoms with Crippen LogP contribution in [0.3, 0.4) is 0 Å². The Kier molecular flexibility index (Phi) is 6.15. The van der Waals surface area contributed by atoms with E-state index in [2.05, 4.69) is 11.3 Å². The van der Waals surface area contributed by atoms with Gasteiger partial charge in [0.2, 0.25) is 6.10 Å². The molecule has 0 bridgehead atoms. The van der Waals surface area contributed by atoms with Crippen LogP contribution < -0.4 is 0 Å². The van der Waals surface area contributed by atoms with E-state index >= 15 is 0 Å². The van der Waals surface area contributed by atoms with Gasteiger partial charge < -0.3 is 9.47 Å². The highest BCUT2D eigenvalue weighted by molar-refractivity contribution is 5.89. The van der Waals surface area contributed by atoms with Crippen LogP contribution in [0.25, 0.3) is 0 Å². The van der Waals surface area contributed by atoms with E-state index in [1.807, 2.05) is 0 Å². The Labute approximate surface area is 125 Å². The van der Waals surface area contributed by atoms with E-state index in [4.69, 9.17) is 4.74 Å². The minimum absolute atomic E-state index is 0.0293. The van der Waals surface area contributed by atoms with Crippen LogP contribution in [-0.2, 0) is 25.5 Å². The van der Waals surface area contributed by atoms with Gasteiger partial charge in [0.25, 0.3) is 0 Å². The van der Waals surface area contributed by atoms with Crippen LogP contribution in [0.1, 0.15) is 12.5 Å². The van der Waals surface area contributed by atoms with Gasteiger partial charge in [0, 0.05) is 12.0 Å². The average Bonchev–Trinajstić information content (AvgIpc) is 2.44. The molecule has 0 aromatic heterocycles. The molecule has 0 fully saturated rings. The van der Waals surface area contributed by atoms with Crippen LogP contribution >= 0.6 is 0 Å². The van der Waals surface area contributed by atoms with Crippen molar-refractivity contribution in [2.75, 3.05) is 6.61 Å². The van der Waals surface area contributed by atoms with Gasteiger partial charge in [-0.15, -0.1) is 0 Å². The topological polar surface area (TPSA) is 52.6 Å². The number of hydrogen-bond acceptors (Lipinski definition) is 4. The minimum Gasteiger partial charge on any atom is -0.453 e. The van der Waals surface area contributed by atoms with Crippen molar-refractivity contribution in [3.63, 3.8) is 0 Å². The van der Waals surface area contributed by atoms with Crippen LogP contribution in [0.4, 0.5) is 13.2 Å². The molecule has 0 radical (unpaired) electrons. The fraction of sp³-hybridized carbons (Fsp3) is 0.333. The zero-order valence-corrected chi connectivity index (χ0v) is 11.9. The molecule has 0 N–H and O–H groups in total. The smallest absolute Gasteiger partial charge is 0.422 e. The van der Waals surface area contributed by atoms with E-state index in [9.17, 15) is 22.8 Å². The summed E-state index contributed by atoms with van der Waals surface area (Å²) in [7, 11) is 0. The molecule has 0 aliphatic carbocycles. The second-order valence-electron chi connectivity index (χ2n) is 4.59. The molecule has 0 heterocycles. The first-order valence-corrected chi connectivity index (χ1v) is 6.33. The van der Waals surface area contributed by atoms with Gasteiger partial charge in [0.05, 0.1) is 0 Å². The van der Waals surface area contributed by atoms with Crippen LogP contribution in [0.5, 0.6) is 0 Å². The molecule has 1 unspecified atom stereocenters. The maximum atomic E-state index is 12.1. The van der Waals surface area contributed by atoms with E-state index in [0.29, 0.717) is 5.56 Å². The molecule has 0 spiro atoms. The molecule has 1 atom stereocenters. The molecule has 0 aliphatic rings. The number of esters is 2. The van der Waals surface area contributed by atoms with Crippen LogP contribution in [0.2, 0.25) is 0 Å². The minimum atomic E-state index is -4.65. The average molecular weight is 316 g/mol. The number of hydrogen-bond donors (Lipinski definition) is 0. The molecule has 1 rings (SSSR count). The Hall–Kier alpha value is -2.31. The predicted molar refractivity (Wildman–Crippen MR) is 71.9 cm³/mol. The van der Waals surface area contributed by atoms with Gasteiger partial charge >= 0.3 is 18.1 Å². The molecule has 0 aliphatic heterocycles. The summed E-state index contributed by atoms with van der Waals surface area (Å²) in [6.45, 7) is 2.98. The fourth-order valence-electron chi connectivity index (χ4n) is 1.48. The van der Waals surface area contributed by atoms with Crippen molar-refractivity contribution in [3.8, 4) is 0 Å². The number of benzene rings is 1. The number of carbonyl (C=O) groups excluding carboxylic acids is 2. The lowest BCUT2D eigenvalue weighted by atomic mass is 10.1. The molecule has 0 saturated carbocycles. The maximum absolute atomic E-state index is 12.1. The quantitative estimate of drug-likeness (QED) is 0.598. The monoisotopic (exact) mass is 316 g/mol. The largest absolute Gasteiger partial charge is 0.453 e. The third-order valence-electron chi connectivity index (χ3n) is 2.50. The zero-order chi connectivity index (χ0) is 16.8. The van der Waals surface area contributed by atoms with Crippen LogP contribution in [0.15, 0.2) is 42.5 Å². The predicted octanol–water partition coefficient (Wildman–Crippen LogP) is 2.82. The first-order valence-electron chi connectivity index (χ1n) is 6.33. The van der Waals surface area contributed by atoms with Gasteiger partial charge in [-0.25, -0.2) is 9.59 Å². The molecule has 1 aromatic rings. The summed E-state index contributed by atoms with van der Waals surface area (Å²) < 4.78 is 45.3. The van der Waals surface area contributed by atoms with Crippen LogP contribution in [0, 0.1) is 0 Å². The lowest BCUT2D eigenvalue weighted by molar-refractivity contribution is -0.194. The van der Waals surface area contributed by atoms with Gasteiger partial charge in [-0.05, 0) is 12.5 Å². The first-order chi connectivity index (χ1) is 10.2. The van der Waals surface area contributed by atoms with Crippen molar-refractivity contribution < 1.29 is 32.2 Å². The Balaban J connectivity index is 2.79. The summed E-state index contributed by atoms with van der Waals surface area (Å²) in [6.07, 6.45) is -6.20. The SMILES string of the molecule is C=C(C)C(=O)OC(Cc1ccccc1)C(=O)OCC(F)(F)F. The van der Waals surface area contributed by atoms with Crippen molar-refractivity contribution in [1.29, 1.82) is 0 Å². The van der Waals surface area contributed by atoms with Gasteiger partial charge in [0.15, 0.2) is 6.61 Å². The van der Waals surface area contributed by atoms with Crippen molar-refractivity contribution in [2.24, 2.45) is 0 Å². The number of carbonyl (C=O) groups is 2. The van der Waals surface area contributed by atoms with E-state index < -0.39 is 30.8 Å². The number of rotatable bonds is 6. The Morgan fingerprint density at radius 3 is 2.32 bits per heavy atom. The lowest BCUT2D eigenvalue weighted by Crippen LogP contribution is -2.33. The second kappa shape index (κ2) is 7.63. The first kappa shape index (κ1) is 17.7. The Bertz CT molecular complexity index is 537. The van der Waals surface area contributed by atoms with Gasteiger partial charge in [0.1, 0.15) is 0 Å². The molecule has 0 saturated heterocycles. The highest BCUT2D eigenvalue weighted by Crippen LogP contribution is 2.16. The summed E-state index contributed by atoms with van der Waals surface area (Å²) in [5.74, 6) is -2.12. The van der Waals surface area contributed by atoms with E-state index in [1.54, 1.807) is 30.3 Å². The van der Waals surface area contributed by atoms with E-state index in [-0.39, 0.29) is 12.0 Å². The molecule has 22 heavy (non-hydrogen) atoms. The number of ether oxygens (including phenoxy) is 2. The second-order valence-corrected chi connectivity index (χ2v) is 4.59. The molecule has 120 valence electrons. The van der Waals surface area contributed by atoms with Crippen LogP contribution in [-0.4, -0.2) is 30.8 Å². The van der Waals surface area contributed by atoms with Crippen molar-refractivity contribution in [1.82, 2.24) is 0 Å². The molecule has 0 amide bonds. The summed E-state index contributed by atoms with van der Waals surface area (Å²) in [5, 5.41) is 0. The lowest BCUT2D eigenvalue weighted by Gasteiger charge is -2.17. The molecule has 4 nitrogen and oxygen atoms in total. The molecule has 1 aromatic carbocycles. The van der Waals surface area contributed by atoms with Gasteiger partial charge in [-0.3, -0.25) is 0 Å². The Morgan fingerprint density at radius 2 is 1.82 bits per heavy atom. The standard InChI is InChI=1S/C15H15F3O4/c1-10(2)13(19)22-12(8-11-6-4-3-5-7-11)14(20)21-9-15(16,17)18/h3-7,12H,1,8-9H2,2H3. The number of alkyl halides is 3. The molecule has 7 heteroatoms. The highest BCUT2D eigenvalue weighted by Gasteiger charge is 2.33. The summed E-state index contributed by atoms with van der Waals surface area (Å²) in [5.41, 5.74) is 0.646. The van der Waals surface area contributed by atoms with Crippen molar-refractivity contribution in [2.45, 2.75) is 25.6 Å². The third-order valence-corrected chi connectivity index (χ3v) is 2.50. The van der Waals surface area contributed by atoms with Crippen molar-refractivity contribution >= 4 is 11.9 Å². The van der Waals surface area contributed by atoms with E-state index in [0.717, 1.165) is 0 Å². The van der Waals surface area contributed by atoms with Gasteiger partial charge in [-0.1, -0.05) is 36.9 Å². The zero-order valence-electron chi connectivity index (χ0n) is 11.9. The summed E-state index contributed by atoms with van der Waals surface area (Å²) in [4.78, 5) is 23.2.